The molecule has 0 saturated carbocycles. The zero-order valence-corrected chi connectivity index (χ0v) is 16.4. The summed E-state index contributed by atoms with van der Waals surface area (Å²) in [6.07, 6.45) is 2.12. The Hall–Kier alpha value is -2.61. The van der Waals surface area contributed by atoms with Crippen molar-refractivity contribution in [1.29, 1.82) is 0 Å². The molecule has 8 heteroatoms. The number of likely N-dealkylation sites (N-methyl/N-ethyl adjacent to an activating group) is 1. The molecule has 1 saturated heterocycles. The highest BCUT2D eigenvalue weighted by molar-refractivity contribution is 5.77. The van der Waals surface area contributed by atoms with Crippen LogP contribution in [0.5, 0.6) is 0 Å². The average molecular weight is 390 g/mol. The highest BCUT2D eigenvalue weighted by atomic mass is 16.5. The molecule has 1 aliphatic heterocycles. The normalized spacial score (nSPS) is 14.9. The lowest BCUT2D eigenvalue weighted by Gasteiger charge is -2.31. The van der Waals surface area contributed by atoms with Gasteiger partial charge in [-0.25, -0.2) is 4.79 Å². The summed E-state index contributed by atoms with van der Waals surface area (Å²) in [6.45, 7) is 2.63. The van der Waals surface area contributed by atoms with Crippen molar-refractivity contribution in [1.82, 2.24) is 20.9 Å². The third-order valence-corrected chi connectivity index (χ3v) is 4.66. The molecule has 0 bridgehead atoms. The standard InChI is InChI=1S/C20H30N4O4/c1-21-19(26)14-24-12-9-17(10-13-24)23-18(25)8-5-11-22-20(27)28-15-16-6-3-2-4-7-16/h2-4,6-7,17H,5,8-15H2,1H3,(H,21,26)(H,22,27)(H,23,25). The summed E-state index contributed by atoms with van der Waals surface area (Å²) in [6, 6.07) is 9.61. The van der Waals surface area contributed by atoms with E-state index in [0.29, 0.717) is 25.9 Å². The van der Waals surface area contributed by atoms with Crippen molar-refractivity contribution >= 4 is 17.9 Å². The number of piperidine rings is 1. The van der Waals surface area contributed by atoms with Crippen molar-refractivity contribution in [3.05, 3.63) is 35.9 Å². The summed E-state index contributed by atoms with van der Waals surface area (Å²) in [5, 5.41) is 8.31. The zero-order chi connectivity index (χ0) is 20.2. The quantitative estimate of drug-likeness (QED) is 0.547. The van der Waals surface area contributed by atoms with E-state index in [0.717, 1.165) is 31.5 Å². The number of amides is 3. The number of likely N-dealkylation sites (tertiary alicyclic amines) is 1. The van der Waals surface area contributed by atoms with Crippen LogP contribution in [0.4, 0.5) is 4.79 Å². The molecule has 0 aromatic heterocycles. The van der Waals surface area contributed by atoms with Crippen LogP contribution < -0.4 is 16.0 Å². The van der Waals surface area contributed by atoms with Crippen molar-refractivity contribution in [2.45, 2.75) is 38.3 Å². The summed E-state index contributed by atoms with van der Waals surface area (Å²) in [7, 11) is 1.63. The predicted octanol–water partition coefficient (Wildman–Crippen LogP) is 1.02. The average Bonchev–Trinajstić information content (AvgIpc) is 2.72. The van der Waals surface area contributed by atoms with Crippen LogP contribution in [0.2, 0.25) is 0 Å². The molecule has 1 heterocycles. The molecule has 0 unspecified atom stereocenters. The maximum absolute atomic E-state index is 12.0. The Bertz CT molecular complexity index is 630. The first-order valence-corrected chi connectivity index (χ1v) is 9.73. The van der Waals surface area contributed by atoms with Crippen LogP contribution in [0, 0.1) is 0 Å². The smallest absolute Gasteiger partial charge is 0.407 e. The number of nitrogens with one attached hydrogen (secondary N) is 3. The molecule has 1 fully saturated rings. The Morgan fingerprint density at radius 1 is 1.11 bits per heavy atom. The lowest BCUT2D eigenvalue weighted by atomic mass is 10.0. The molecular weight excluding hydrogens is 360 g/mol. The first kappa shape index (κ1) is 21.7. The van der Waals surface area contributed by atoms with Gasteiger partial charge >= 0.3 is 6.09 Å². The topological polar surface area (TPSA) is 99.8 Å². The zero-order valence-electron chi connectivity index (χ0n) is 16.4. The molecule has 0 aliphatic carbocycles. The molecule has 154 valence electrons. The van der Waals surface area contributed by atoms with Crippen LogP contribution in [0.3, 0.4) is 0 Å². The van der Waals surface area contributed by atoms with Gasteiger partial charge in [0.25, 0.3) is 0 Å². The molecule has 1 aromatic carbocycles. The molecule has 1 aromatic rings. The van der Waals surface area contributed by atoms with Crippen LogP contribution >= 0.6 is 0 Å². The fourth-order valence-electron chi connectivity index (χ4n) is 3.03. The highest BCUT2D eigenvalue weighted by Crippen LogP contribution is 2.10. The second-order valence-corrected chi connectivity index (χ2v) is 6.88. The largest absolute Gasteiger partial charge is 0.445 e. The number of alkyl carbamates (subject to hydrolysis) is 1. The first-order chi connectivity index (χ1) is 13.6. The molecule has 0 spiro atoms. The Morgan fingerprint density at radius 3 is 2.50 bits per heavy atom. The second kappa shape index (κ2) is 12.0. The number of nitrogens with zero attached hydrogens (tertiary/aromatic N) is 1. The number of hydrogen-bond acceptors (Lipinski definition) is 5. The molecule has 3 N–H and O–H groups in total. The Kier molecular flexibility index (Phi) is 9.27. The number of benzene rings is 1. The van der Waals surface area contributed by atoms with Gasteiger partial charge in [-0.15, -0.1) is 0 Å². The van der Waals surface area contributed by atoms with Gasteiger partial charge in [0.2, 0.25) is 11.8 Å². The fraction of sp³-hybridized carbons (Fsp3) is 0.550. The molecule has 28 heavy (non-hydrogen) atoms. The number of hydrogen-bond donors (Lipinski definition) is 3. The highest BCUT2D eigenvalue weighted by Gasteiger charge is 2.21. The van der Waals surface area contributed by atoms with Crippen molar-refractivity contribution in [2.75, 3.05) is 33.2 Å². The van der Waals surface area contributed by atoms with Gasteiger partial charge in [-0.05, 0) is 24.8 Å². The van der Waals surface area contributed by atoms with Gasteiger partial charge in [-0.2, -0.15) is 0 Å². The van der Waals surface area contributed by atoms with Crippen LogP contribution in [-0.4, -0.2) is 62.1 Å². The summed E-state index contributed by atoms with van der Waals surface area (Å²) >= 11 is 0. The van der Waals surface area contributed by atoms with Gasteiger partial charge in [-0.3, -0.25) is 14.5 Å². The van der Waals surface area contributed by atoms with Gasteiger partial charge < -0.3 is 20.7 Å². The molecule has 2 rings (SSSR count). The van der Waals surface area contributed by atoms with Crippen LogP contribution in [0.25, 0.3) is 0 Å². The van der Waals surface area contributed by atoms with Crippen molar-refractivity contribution in [2.24, 2.45) is 0 Å². The van der Waals surface area contributed by atoms with Gasteiger partial charge in [0, 0.05) is 39.1 Å². The number of carbonyl (C=O) groups excluding carboxylic acids is 3. The van der Waals surface area contributed by atoms with Gasteiger partial charge in [0.1, 0.15) is 6.61 Å². The Labute approximate surface area is 166 Å². The van der Waals surface area contributed by atoms with Crippen molar-refractivity contribution in [3.8, 4) is 0 Å². The van der Waals surface area contributed by atoms with E-state index in [2.05, 4.69) is 20.9 Å². The molecule has 3 amide bonds. The van der Waals surface area contributed by atoms with Gasteiger partial charge in [0.05, 0.1) is 6.54 Å². The molecule has 0 radical (unpaired) electrons. The number of ether oxygens (including phenoxy) is 1. The lowest BCUT2D eigenvalue weighted by molar-refractivity contribution is -0.124. The van der Waals surface area contributed by atoms with E-state index in [1.54, 1.807) is 7.05 Å². The fourth-order valence-corrected chi connectivity index (χ4v) is 3.03. The SMILES string of the molecule is CNC(=O)CN1CCC(NC(=O)CCCNC(=O)OCc2ccccc2)CC1. The predicted molar refractivity (Wildman–Crippen MR) is 106 cm³/mol. The first-order valence-electron chi connectivity index (χ1n) is 9.73. The maximum Gasteiger partial charge on any atom is 0.407 e. The summed E-state index contributed by atoms with van der Waals surface area (Å²) in [5.74, 6) is 0.00137. The van der Waals surface area contributed by atoms with E-state index < -0.39 is 6.09 Å². The van der Waals surface area contributed by atoms with Gasteiger partial charge in [0.15, 0.2) is 0 Å². The Morgan fingerprint density at radius 2 is 1.82 bits per heavy atom. The van der Waals surface area contributed by atoms with Crippen molar-refractivity contribution < 1.29 is 19.1 Å². The molecular formula is C20H30N4O4. The number of carbonyl (C=O) groups is 3. The molecule has 8 nitrogen and oxygen atoms in total. The van der Waals surface area contributed by atoms with Crippen molar-refractivity contribution in [3.63, 3.8) is 0 Å². The minimum absolute atomic E-state index is 0.01000. The Balaban J connectivity index is 1.51. The van der Waals surface area contributed by atoms with Crippen LogP contribution in [0.15, 0.2) is 30.3 Å². The minimum Gasteiger partial charge on any atom is -0.445 e. The van der Waals surface area contributed by atoms with E-state index in [1.807, 2.05) is 30.3 Å². The van der Waals surface area contributed by atoms with E-state index in [9.17, 15) is 14.4 Å². The van der Waals surface area contributed by atoms with Crippen LogP contribution in [0.1, 0.15) is 31.2 Å². The van der Waals surface area contributed by atoms with E-state index in [4.69, 9.17) is 4.74 Å². The minimum atomic E-state index is -0.479. The summed E-state index contributed by atoms with van der Waals surface area (Å²) in [4.78, 5) is 37.2. The van der Waals surface area contributed by atoms with E-state index >= 15 is 0 Å². The third kappa shape index (κ3) is 8.39. The second-order valence-electron chi connectivity index (χ2n) is 6.88. The van der Waals surface area contributed by atoms with E-state index in [-0.39, 0.29) is 24.5 Å². The molecule has 1 aliphatic rings. The molecule has 0 atom stereocenters. The lowest BCUT2D eigenvalue weighted by Crippen LogP contribution is -2.47. The van der Waals surface area contributed by atoms with Gasteiger partial charge in [-0.1, -0.05) is 30.3 Å². The van der Waals surface area contributed by atoms with Crippen LogP contribution in [-0.2, 0) is 20.9 Å². The number of rotatable bonds is 9. The monoisotopic (exact) mass is 390 g/mol. The van der Waals surface area contributed by atoms with E-state index in [1.165, 1.54) is 0 Å². The third-order valence-electron chi connectivity index (χ3n) is 4.66. The summed E-state index contributed by atoms with van der Waals surface area (Å²) < 4.78 is 5.12. The maximum atomic E-state index is 12.0. The summed E-state index contributed by atoms with van der Waals surface area (Å²) in [5.41, 5.74) is 0.929.